The van der Waals surface area contributed by atoms with Crippen LogP contribution in [0.3, 0.4) is 0 Å². The number of halogens is 2. The van der Waals surface area contributed by atoms with E-state index in [1.54, 1.807) is 18.3 Å². The first-order valence-corrected chi connectivity index (χ1v) is 9.82. The maximum atomic E-state index is 14.5. The molecule has 2 aromatic rings. The van der Waals surface area contributed by atoms with Crippen LogP contribution >= 0.6 is 11.6 Å². The van der Waals surface area contributed by atoms with E-state index in [4.69, 9.17) is 17.3 Å². The van der Waals surface area contributed by atoms with Gasteiger partial charge in [-0.15, -0.1) is 6.58 Å². The van der Waals surface area contributed by atoms with Gasteiger partial charge in [-0.3, -0.25) is 0 Å². The van der Waals surface area contributed by atoms with Gasteiger partial charge in [-0.05, 0) is 44.2 Å². The third-order valence-electron chi connectivity index (χ3n) is 5.10. The van der Waals surface area contributed by atoms with E-state index >= 15 is 0 Å². The van der Waals surface area contributed by atoms with Gasteiger partial charge in [0.25, 0.3) is 0 Å². The van der Waals surface area contributed by atoms with E-state index in [1.807, 2.05) is 0 Å². The SMILES string of the molecule is C=CC[C@@]1(O)CCC[C@H](N/C(N=C(N)c2c[nH]c3ncc(Cl)cc23)=C(\F)C=C)C1. The number of aliphatic imine (C=N–C) groups is 1. The van der Waals surface area contributed by atoms with E-state index in [0.29, 0.717) is 40.9 Å². The van der Waals surface area contributed by atoms with Crippen LogP contribution in [0.2, 0.25) is 5.02 Å². The molecule has 8 heteroatoms. The Hall–Kier alpha value is -2.64. The fourth-order valence-electron chi connectivity index (χ4n) is 3.73. The van der Waals surface area contributed by atoms with Crippen molar-refractivity contribution in [1.29, 1.82) is 0 Å². The number of aromatic nitrogens is 2. The fraction of sp³-hybridized carbons (Fsp3) is 0.333. The lowest BCUT2D eigenvalue weighted by Gasteiger charge is -2.37. The Balaban J connectivity index is 1.88. The predicted molar refractivity (Wildman–Crippen MR) is 115 cm³/mol. The van der Waals surface area contributed by atoms with E-state index < -0.39 is 11.4 Å². The minimum Gasteiger partial charge on any atom is -0.389 e. The molecular formula is C21H25ClFN5O. The summed E-state index contributed by atoms with van der Waals surface area (Å²) in [5, 5.41) is 14.9. The molecule has 0 spiro atoms. The number of H-pyrrole nitrogens is 1. The van der Waals surface area contributed by atoms with Crippen LogP contribution in [0.5, 0.6) is 0 Å². The van der Waals surface area contributed by atoms with Crippen LogP contribution in [0.1, 0.15) is 37.7 Å². The molecule has 0 aromatic carbocycles. The van der Waals surface area contributed by atoms with Crippen molar-refractivity contribution in [2.45, 2.75) is 43.7 Å². The second-order valence-electron chi connectivity index (χ2n) is 7.30. The maximum absolute atomic E-state index is 14.5. The molecule has 2 atom stereocenters. The minimum absolute atomic E-state index is 0.0188. The monoisotopic (exact) mass is 417 g/mol. The second-order valence-corrected chi connectivity index (χ2v) is 7.74. The van der Waals surface area contributed by atoms with Crippen molar-refractivity contribution < 1.29 is 9.50 Å². The van der Waals surface area contributed by atoms with Crippen molar-refractivity contribution in [3.05, 3.63) is 66.0 Å². The lowest BCUT2D eigenvalue weighted by Crippen LogP contribution is -2.43. The van der Waals surface area contributed by atoms with Crippen molar-refractivity contribution >= 4 is 28.5 Å². The van der Waals surface area contributed by atoms with Crippen LogP contribution in [0, 0.1) is 0 Å². The van der Waals surface area contributed by atoms with Gasteiger partial charge in [0.2, 0.25) is 0 Å². The summed E-state index contributed by atoms with van der Waals surface area (Å²) in [6.45, 7) is 7.19. The topological polar surface area (TPSA) is 99.3 Å². The fourth-order valence-corrected chi connectivity index (χ4v) is 3.89. The average molecular weight is 418 g/mol. The lowest BCUT2D eigenvalue weighted by atomic mass is 9.80. The number of amidine groups is 1. The second kappa shape index (κ2) is 8.80. The summed E-state index contributed by atoms with van der Waals surface area (Å²) in [7, 11) is 0. The van der Waals surface area contributed by atoms with Crippen molar-refractivity contribution in [2.24, 2.45) is 10.7 Å². The molecule has 0 amide bonds. The van der Waals surface area contributed by atoms with Crippen LogP contribution in [-0.2, 0) is 0 Å². The van der Waals surface area contributed by atoms with Crippen molar-refractivity contribution in [2.75, 3.05) is 0 Å². The first kappa shape index (κ1) is 21.1. The van der Waals surface area contributed by atoms with Gasteiger partial charge in [0.1, 0.15) is 11.5 Å². The Morgan fingerprint density at radius 3 is 3.07 bits per heavy atom. The number of allylic oxidation sites excluding steroid dienone is 2. The van der Waals surface area contributed by atoms with Crippen LogP contribution in [0.15, 0.2) is 60.4 Å². The molecule has 0 aliphatic heterocycles. The zero-order chi connectivity index (χ0) is 21.0. The Morgan fingerprint density at radius 1 is 1.55 bits per heavy atom. The molecule has 0 radical (unpaired) electrons. The molecule has 29 heavy (non-hydrogen) atoms. The molecule has 1 aliphatic rings. The first-order chi connectivity index (χ1) is 13.8. The summed E-state index contributed by atoms with van der Waals surface area (Å²) in [5.74, 6) is -0.534. The molecule has 3 rings (SSSR count). The molecule has 1 fully saturated rings. The standard InChI is InChI=1S/C21H25ClFN5O/c1-3-7-21(29)8-5-6-14(10-21)27-20(17(23)4-2)28-18(24)16-12-26-19-15(16)9-13(22)11-25-19/h3-4,9,11-12,14,27,29H,1-2,5-8,10H2,(H2,24,28)(H,25,26)/b20-17+/t14-,21+/m0/s1. The highest BCUT2D eigenvalue weighted by molar-refractivity contribution is 6.31. The number of nitrogens with one attached hydrogen (secondary N) is 2. The molecule has 1 aliphatic carbocycles. The number of aliphatic hydroxyl groups is 1. The Morgan fingerprint density at radius 2 is 2.34 bits per heavy atom. The van der Waals surface area contributed by atoms with Gasteiger partial charge >= 0.3 is 0 Å². The number of fused-ring (bicyclic) bond motifs is 1. The number of rotatable bonds is 7. The van der Waals surface area contributed by atoms with Crippen LogP contribution in [0.4, 0.5) is 4.39 Å². The molecule has 0 saturated heterocycles. The van der Waals surface area contributed by atoms with Gasteiger partial charge in [0.15, 0.2) is 11.6 Å². The van der Waals surface area contributed by atoms with E-state index in [-0.39, 0.29) is 17.7 Å². The summed E-state index contributed by atoms with van der Waals surface area (Å²) in [4.78, 5) is 11.5. The number of nitrogens with two attached hydrogens (primary N) is 1. The van der Waals surface area contributed by atoms with Crippen molar-refractivity contribution in [3.8, 4) is 0 Å². The van der Waals surface area contributed by atoms with Gasteiger partial charge < -0.3 is 21.1 Å². The zero-order valence-corrected chi connectivity index (χ0v) is 16.8. The van der Waals surface area contributed by atoms with Gasteiger partial charge in [-0.25, -0.2) is 14.4 Å². The van der Waals surface area contributed by atoms with Crippen molar-refractivity contribution in [1.82, 2.24) is 15.3 Å². The predicted octanol–water partition coefficient (Wildman–Crippen LogP) is 4.09. The molecule has 0 unspecified atom stereocenters. The minimum atomic E-state index is -0.845. The van der Waals surface area contributed by atoms with E-state index in [9.17, 15) is 9.50 Å². The van der Waals surface area contributed by atoms with E-state index in [0.717, 1.165) is 18.9 Å². The molecular weight excluding hydrogens is 393 g/mol. The van der Waals surface area contributed by atoms with Crippen LogP contribution in [0.25, 0.3) is 11.0 Å². The Bertz CT molecular complexity index is 983. The van der Waals surface area contributed by atoms with Gasteiger partial charge in [0.05, 0.1) is 10.6 Å². The largest absolute Gasteiger partial charge is 0.389 e. The molecule has 2 heterocycles. The smallest absolute Gasteiger partial charge is 0.164 e. The maximum Gasteiger partial charge on any atom is 0.164 e. The molecule has 6 nitrogen and oxygen atoms in total. The van der Waals surface area contributed by atoms with Crippen LogP contribution in [-0.4, -0.2) is 32.6 Å². The number of hydrogen-bond donors (Lipinski definition) is 4. The molecule has 0 bridgehead atoms. The molecule has 1 saturated carbocycles. The lowest BCUT2D eigenvalue weighted by molar-refractivity contribution is -0.00335. The normalized spacial score (nSPS) is 23.6. The summed E-state index contributed by atoms with van der Waals surface area (Å²) < 4.78 is 14.5. The molecule has 5 N–H and O–H groups in total. The number of pyridine rings is 1. The van der Waals surface area contributed by atoms with Crippen LogP contribution < -0.4 is 11.1 Å². The first-order valence-electron chi connectivity index (χ1n) is 9.44. The van der Waals surface area contributed by atoms with Gasteiger partial charge in [0, 0.05) is 29.4 Å². The number of aromatic amines is 1. The van der Waals surface area contributed by atoms with Crippen molar-refractivity contribution in [3.63, 3.8) is 0 Å². The summed E-state index contributed by atoms with van der Waals surface area (Å²) >= 11 is 6.03. The zero-order valence-electron chi connectivity index (χ0n) is 16.1. The quantitative estimate of drug-likeness (QED) is 0.236. The summed E-state index contributed by atoms with van der Waals surface area (Å²) in [6.07, 6.45) is 9.20. The molecule has 2 aromatic heterocycles. The summed E-state index contributed by atoms with van der Waals surface area (Å²) in [6, 6.07) is 1.57. The molecule has 154 valence electrons. The third-order valence-corrected chi connectivity index (χ3v) is 5.30. The van der Waals surface area contributed by atoms with E-state index in [2.05, 4.69) is 33.4 Å². The Kier molecular flexibility index (Phi) is 6.39. The highest BCUT2D eigenvalue weighted by Crippen LogP contribution is 2.32. The Labute approximate surface area is 174 Å². The summed E-state index contributed by atoms with van der Waals surface area (Å²) in [5.41, 5.74) is 6.50. The average Bonchev–Trinajstić information content (AvgIpc) is 3.10. The number of nitrogens with zero attached hydrogens (tertiary/aromatic N) is 2. The van der Waals surface area contributed by atoms with Gasteiger partial charge in [-0.1, -0.05) is 24.3 Å². The third kappa shape index (κ3) is 4.86. The van der Waals surface area contributed by atoms with E-state index in [1.165, 1.54) is 6.20 Å². The highest BCUT2D eigenvalue weighted by Gasteiger charge is 2.33. The number of hydrogen-bond acceptors (Lipinski definition) is 4. The highest BCUT2D eigenvalue weighted by atomic mass is 35.5. The van der Waals surface area contributed by atoms with Gasteiger partial charge in [-0.2, -0.15) is 0 Å².